The molecule has 1 aliphatic heterocycles. The van der Waals surface area contributed by atoms with Crippen molar-refractivity contribution in [2.75, 3.05) is 40.3 Å². The van der Waals surface area contributed by atoms with Gasteiger partial charge >= 0.3 is 5.97 Å². The maximum atomic E-state index is 12.9. The highest BCUT2D eigenvalue weighted by molar-refractivity contribution is 5.94. The summed E-state index contributed by atoms with van der Waals surface area (Å²) in [5.41, 5.74) is 3.00. The Labute approximate surface area is 137 Å². The van der Waals surface area contributed by atoms with Crippen molar-refractivity contribution in [1.29, 1.82) is 0 Å². The summed E-state index contributed by atoms with van der Waals surface area (Å²) in [5.74, 6) is -0.266. The standard InChI is InChI=1S/C17H25N3O3/c1-18-7-9-19(10-8-18)17(22)15-11-13-5-3-4-6-14(13)20(15)12-16(21)23-2/h11H,3-10,12H2,1-2H3. The van der Waals surface area contributed by atoms with Gasteiger partial charge in [0.15, 0.2) is 0 Å². The van der Waals surface area contributed by atoms with Crippen LogP contribution in [0, 0.1) is 0 Å². The quantitative estimate of drug-likeness (QED) is 0.778. The molecule has 1 aromatic rings. The molecule has 23 heavy (non-hydrogen) atoms. The molecule has 126 valence electrons. The van der Waals surface area contributed by atoms with Gasteiger partial charge in [-0.25, -0.2) is 0 Å². The van der Waals surface area contributed by atoms with Crippen LogP contribution in [-0.2, 0) is 28.9 Å². The van der Waals surface area contributed by atoms with E-state index in [-0.39, 0.29) is 18.4 Å². The van der Waals surface area contributed by atoms with Crippen LogP contribution in [0.2, 0.25) is 0 Å². The van der Waals surface area contributed by atoms with Crippen LogP contribution in [0.5, 0.6) is 0 Å². The first-order valence-electron chi connectivity index (χ1n) is 8.36. The average molecular weight is 319 g/mol. The monoisotopic (exact) mass is 319 g/mol. The van der Waals surface area contributed by atoms with Crippen molar-refractivity contribution in [3.63, 3.8) is 0 Å². The second-order valence-electron chi connectivity index (χ2n) is 6.47. The minimum Gasteiger partial charge on any atom is -0.468 e. The number of likely N-dealkylation sites (N-methyl/N-ethyl adjacent to an activating group) is 1. The largest absolute Gasteiger partial charge is 0.468 e. The van der Waals surface area contributed by atoms with Crippen molar-refractivity contribution in [3.8, 4) is 0 Å². The summed E-state index contributed by atoms with van der Waals surface area (Å²) < 4.78 is 6.71. The Bertz CT molecular complexity index is 600. The molecule has 2 heterocycles. The molecule has 0 saturated carbocycles. The van der Waals surface area contributed by atoms with Crippen LogP contribution in [0.4, 0.5) is 0 Å². The molecule has 1 amide bonds. The van der Waals surface area contributed by atoms with Gasteiger partial charge < -0.3 is 19.1 Å². The van der Waals surface area contributed by atoms with Gasteiger partial charge in [-0.05, 0) is 44.4 Å². The highest BCUT2D eigenvalue weighted by Crippen LogP contribution is 2.26. The molecule has 6 heteroatoms. The fraction of sp³-hybridized carbons (Fsp3) is 0.647. The summed E-state index contributed by atoms with van der Waals surface area (Å²) in [7, 11) is 3.46. The molecule has 0 spiro atoms. The zero-order chi connectivity index (χ0) is 16.4. The van der Waals surface area contributed by atoms with E-state index in [0.717, 1.165) is 57.6 Å². The lowest BCUT2D eigenvalue weighted by atomic mass is 9.98. The normalized spacial score (nSPS) is 18.6. The minimum absolute atomic E-state index is 0.0383. The third-order valence-corrected chi connectivity index (χ3v) is 4.93. The number of amides is 1. The number of fused-ring (bicyclic) bond motifs is 1. The first-order valence-corrected chi connectivity index (χ1v) is 8.36. The first kappa shape index (κ1) is 16.1. The molecule has 0 unspecified atom stereocenters. The van der Waals surface area contributed by atoms with E-state index in [4.69, 9.17) is 4.74 Å². The second kappa shape index (κ2) is 6.74. The van der Waals surface area contributed by atoms with Crippen molar-refractivity contribution in [2.45, 2.75) is 32.2 Å². The molecule has 1 aliphatic carbocycles. The maximum Gasteiger partial charge on any atom is 0.325 e. The third-order valence-electron chi connectivity index (χ3n) is 4.93. The van der Waals surface area contributed by atoms with Gasteiger partial charge in [-0.15, -0.1) is 0 Å². The van der Waals surface area contributed by atoms with Gasteiger partial charge in [0, 0.05) is 31.9 Å². The Balaban J connectivity index is 1.89. The smallest absolute Gasteiger partial charge is 0.325 e. The summed E-state index contributed by atoms with van der Waals surface area (Å²) in [6.45, 7) is 3.39. The molecule has 1 aromatic heterocycles. The fourth-order valence-electron chi connectivity index (χ4n) is 3.49. The topological polar surface area (TPSA) is 54.8 Å². The summed E-state index contributed by atoms with van der Waals surface area (Å²) in [6, 6.07) is 2.00. The zero-order valence-corrected chi connectivity index (χ0v) is 14.0. The van der Waals surface area contributed by atoms with Gasteiger partial charge in [-0.2, -0.15) is 0 Å². The van der Waals surface area contributed by atoms with E-state index in [1.807, 2.05) is 15.5 Å². The highest BCUT2D eigenvalue weighted by Gasteiger charge is 2.27. The average Bonchev–Trinajstić information content (AvgIpc) is 2.93. The molecule has 0 aromatic carbocycles. The molecule has 6 nitrogen and oxygen atoms in total. The van der Waals surface area contributed by atoms with Gasteiger partial charge in [0.05, 0.1) is 7.11 Å². The summed E-state index contributed by atoms with van der Waals surface area (Å²) in [4.78, 5) is 28.9. The van der Waals surface area contributed by atoms with Crippen LogP contribution in [0.25, 0.3) is 0 Å². The molecule has 0 N–H and O–H groups in total. The Kier molecular flexibility index (Phi) is 4.71. The molecular formula is C17H25N3O3. The number of carbonyl (C=O) groups is 2. The van der Waals surface area contributed by atoms with Crippen LogP contribution in [-0.4, -0.2) is 66.6 Å². The van der Waals surface area contributed by atoms with Crippen LogP contribution >= 0.6 is 0 Å². The van der Waals surface area contributed by atoms with E-state index in [1.54, 1.807) is 0 Å². The SMILES string of the molecule is COC(=O)Cn1c(C(=O)N2CCN(C)CC2)cc2c1CCCC2. The van der Waals surface area contributed by atoms with Crippen molar-refractivity contribution in [2.24, 2.45) is 0 Å². The molecule has 3 rings (SSSR count). The molecule has 0 bridgehead atoms. The number of nitrogens with zero attached hydrogens (tertiary/aromatic N) is 3. The number of piperazine rings is 1. The van der Waals surface area contributed by atoms with Crippen LogP contribution in [0.15, 0.2) is 6.07 Å². The van der Waals surface area contributed by atoms with E-state index in [2.05, 4.69) is 11.9 Å². The van der Waals surface area contributed by atoms with Gasteiger partial charge in [-0.3, -0.25) is 9.59 Å². The lowest BCUT2D eigenvalue weighted by molar-refractivity contribution is -0.141. The zero-order valence-electron chi connectivity index (χ0n) is 14.0. The fourth-order valence-corrected chi connectivity index (χ4v) is 3.49. The lowest BCUT2D eigenvalue weighted by Gasteiger charge is -2.32. The van der Waals surface area contributed by atoms with Crippen LogP contribution < -0.4 is 0 Å². The molecule has 1 fully saturated rings. The van der Waals surface area contributed by atoms with Crippen molar-refractivity contribution >= 4 is 11.9 Å². The predicted octanol–water partition coefficient (Wildman–Crippen LogP) is 0.928. The number of esters is 1. The number of hydrogen-bond acceptors (Lipinski definition) is 4. The number of ether oxygens (including phenoxy) is 1. The van der Waals surface area contributed by atoms with E-state index in [1.165, 1.54) is 12.7 Å². The van der Waals surface area contributed by atoms with E-state index in [9.17, 15) is 9.59 Å². The van der Waals surface area contributed by atoms with Crippen molar-refractivity contribution in [3.05, 3.63) is 23.0 Å². The Morgan fingerprint density at radius 3 is 2.52 bits per heavy atom. The predicted molar refractivity (Wildman–Crippen MR) is 86.5 cm³/mol. The lowest BCUT2D eigenvalue weighted by Crippen LogP contribution is -2.47. The van der Waals surface area contributed by atoms with Crippen LogP contribution in [0.1, 0.15) is 34.6 Å². The molecule has 0 radical (unpaired) electrons. The van der Waals surface area contributed by atoms with E-state index < -0.39 is 0 Å². The Morgan fingerprint density at radius 2 is 1.83 bits per heavy atom. The summed E-state index contributed by atoms with van der Waals surface area (Å²) >= 11 is 0. The van der Waals surface area contributed by atoms with Gasteiger partial charge in [0.1, 0.15) is 12.2 Å². The van der Waals surface area contributed by atoms with Gasteiger partial charge in [0.2, 0.25) is 0 Å². The molecule has 0 atom stereocenters. The van der Waals surface area contributed by atoms with Gasteiger partial charge in [0.25, 0.3) is 5.91 Å². The number of methoxy groups -OCH3 is 1. The molecule has 1 saturated heterocycles. The molecule has 2 aliphatic rings. The Morgan fingerprint density at radius 1 is 1.13 bits per heavy atom. The Hall–Kier alpha value is -1.82. The summed E-state index contributed by atoms with van der Waals surface area (Å²) in [5, 5.41) is 0. The number of aryl methyl sites for hydroxylation is 1. The van der Waals surface area contributed by atoms with E-state index >= 15 is 0 Å². The van der Waals surface area contributed by atoms with Gasteiger partial charge in [-0.1, -0.05) is 0 Å². The third kappa shape index (κ3) is 3.27. The number of carbonyl (C=O) groups excluding carboxylic acids is 2. The van der Waals surface area contributed by atoms with Crippen molar-refractivity contribution < 1.29 is 14.3 Å². The van der Waals surface area contributed by atoms with E-state index in [0.29, 0.717) is 5.69 Å². The molecular weight excluding hydrogens is 294 g/mol. The number of hydrogen-bond donors (Lipinski definition) is 0. The van der Waals surface area contributed by atoms with Crippen molar-refractivity contribution in [1.82, 2.24) is 14.4 Å². The number of rotatable bonds is 3. The first-order chi connectivity index (χ1) is 11.1. The van der Waals surface area contributed by atoms with Crippen LogP contribution in [0.3, 0.4) is 0 Å². The number of aromatic nitrogens is 1. The second-order valence-corrected chi connectivity index (χ2v) is 6.47. The maximum absolute atomic E-state index is 12.9. The highest BCUT2D eigenvalue weighted by atomic mass is 16.5. The minimum atomic E-state index is -0.304. The summed E-state index contributed by atoms with van der Waals surface area (Å²) in [6.07, 6.45) is 4.19.